The Morgan fingerprint density at radius 1 is 1.43 bits per heavy atom. The van der Waals surface area contributed by atoms with Crippen molar-refractivity contribution in [2.75, 3.05) is 0 Å². The van der Waals surface area contributed by atoms with E-state index in [2.05, 4.69) is 8.05 Å². The van der Waals surface area contributed by atoms with E-state index in [1.54, 1.807) is 6.92 Å². The Hall–Kier alpha value is -0.370. The molecule has 1 unspecified atom stereocenters. The maximum atomic E-state index is 12.3. The predicted octanol–water partition coefficient (Wildman–Crippen LogP) is 3.36. The summed E-state index contributed by atoms with van der Waals surface area (Å²) >= 11 is 1.24. The average molecular weight is 317 g/mol. The van der Waals surface area contributed by atoms with Crippen LogP contribution in [0.25, 0.3) is 0 Å². The van der Waals surface area contributed by atoms with Gasteiger partial charge in [0.2, 0.25) is 0 Å². The van der Waals surface area contributed by atoms with Gasteiger partial charge in [0, 0.05) is 17.5 Å². The normalized spacial score (nSPS) is 14.1. The smallest absolute Gasteiger partial charge is 0.298 e. The van der Waals surface area contributed by atoms with Crippen molar-refractivity contribution in [3.8, 4) is 0 Å². The van der Waals surface area contributed by atoms with Gasteiger partial charge in [-0.25, -0.2) is 0 Å². The molecule has 0 saturated carbocycles. The largest absolute Gasteiger partial charge is 0.419 e. The summed E-state index contributed by atoms with van der Waals surface area (Å²) in [5.74, 6) is 0. The highest BCUT2D eigenvalue weighted by atomic mass is 127. The number of nitrogens with zero attached hydrogens (tertiary/aromatic N) is 1. The molecule has 0 radical (unpaired) electrons. The topological polar surface area (TPSA) is 22.1 Å². The first-order chi connectivity index (χ1) is 6.45. The molecule has 0 aromatic carbocycles. The van der Waals surface area contributed by atoms with Crippen molar-refractivity contribution < 1.29 is 16.2 Å². The number of pyridine rings is 1. The third kappa shape index (κ3) is 2.81. The van der Waals surface area contributed by atoms with Gasteiger partial charge < -0.3 is 0 Å². The van der Waals surface area contributed by atoms with Crippen LogP contribution in [0.4, 0.5) is 13.2 Å². The minimum Gasteiger partial charge on any atom is -0.298 e. The van der Waals surface area contributed by atoms with Crippen LogP contribution in [0.1, 0.15) is 17.4 Å². The van der Waals surface area contributed by atoms with Gasteiger partial charge in [0.1, 0.15) is 23.0 Å². The number of rotatable bonds is 2. The molecule has 0 saturated heterocycles. The molecule has 1 atom stereocenters. The second kappa shape index (κ2) is 4.43. The van der Waals surface area contributed by atoms with E-state index in [1.165, 1.54) is 41.3 Å². The van der Waals surface area contributed by atoms with Crippen LogP contribution in [0.2, 0.25) is 0 Å². The van der Waals surface area contributed by atoms with E-state index < -0.39 is 12.3 Å². The first kappa shape index (κ1) is 11.7. The summed E-state index contributed by atoms with van der Waals surface area (Å²) in [4.78, 5) is 3.78. The molecular formula is C8H7F3INO. The summed E-state index contributed by atoms with van der Waals surface area (Å²) in [5, 5.41) is 0. The van der Waals surface area contributed by atoms with E-state index in [4.69, 9.17) is 0 Å². The zero-order valence-electron chi connectivity index (χ0n) is 7.18. The van der Waals surface area contributed by atoms with Crippen LogP contribution in [-0.4, -0.2) is 11.2 Å². The minimum atomic E-state index is -4.40. The molecule has 1 aromatic heterocycles. The molecule has 1 aromatic rings. The zero-order valence-corrected chi connectivity index (χ0v) is 9.33. The molecule has 0 aliphatic rings. The molecule has 0 amide bonds. The quantitative estimate of drug-likeness (QED) is 0.781. The summed E-state index contributed by atoms with van der Waals surface area (Å²) in [6.07, 6.45) is -5.14. The lowest BCUT2D eigenvalue weighted by atomic mass is 10.1. The summed E-state index contributed by atoms with van der Waals surface area (Å²) in [6.45, 7) is 1.71. The van der Waals surface area contributed by atoms with E-state index >= 15 is 0 Å². The Kier molecular flexibility index (Phi) is 3.71. The molecule has 1 rings (SSSR count). The van der Waals surface area contributed by atoms with Crippen molar-refractivity contribution in [1.82, 2.24) is 4.98 Å². The predicted molar refractivity (Wildman–Crippen MR) is 52.9 cm³/mol. The van der Waals surface area contributed by atoms with Gasteiger partial charge >= 0.3 is 6.18 Å². The number of halogens is 4. The Morgan fingerprint density at radius 3 is 2.43 bits per heavy atom. The van der Waals surface area contributed by atoms with Crippen LogP contribution in [0.5, 0.6) is 0 Å². The molecule has 0 N–H and O–H groups in total. The van der Waals surface area contributed by atoms with Crippen molar-refractivity contribution in [3.63, 3.8) is 0 Å². The lowest BCUT2D eigenvalue weighted by Crippen LogP contribution is -2.21. The molecule has 0 aliphatic carbocycles. The van der Waals surface area contributed by atoms with Gasteiger partial charge in [-0.15, -0.1) is 0 Å². The standard InChI is InChI=1S/C8H7F3INO/c1-5-2-3-6(4-13-5)7(14-12)8(9,10)11/h2-4,7H,1H3. The summed E-state index contributed by atoms with van der Waals surface area (Å²) < 4.78 is 41.4. The third-order valence-corrected chi connectivity index (χ3v) is 2.13. The Balaban J connectivity index is 2.96. The van der Waals surface area contributed by atoms with Crippen molar-refractivity contribution >= 4 is 23.0 Å². The maximum Gasteiger partial charge on any atom is 0.419 e. The second-order valence-corrected chi connectivity index (χ2v) is 3.25. The minimum absolute atomic E-state index is 0.0116. The van der Waals surface area contributed by atoms with Gasteiger partial charge in [0.25, 0.3) is 0 Å². The molecule has 0 spiro atoms. The van der Waals surface area contributed by atoms with E-state index in [0.717, 1.165) is 0 Å². The molecule has 0 aliphatic heterocycles. The van der Waals surface area contributed by atoms with E-state index in [1.807, 2.05) is 0 Å². The van der Waals surface area contributed by atoms with Crippen LogP contribution in [0.3, 0.4) is 0 Å². The number of aryl methyl sites for hydroxylation is 1. The van der Waals surface area contributed by atoms with Crippen LogP contribution < -0.4 is 0 Å². The number of hydrogen-bond donors (Lipinski definition) is 0. The van der Waals surface area contributed by atoms with Crippen molar-refractivity contribution in [2.24, 2.45) is 0 Å². The summed E-state index contributed by atoms with van der Waals surface area (Å²) in [7, 11) is 0. The van der Waals surface area contributed by atoms with Crippen LogP contribution in [-0.2, 0) is 3.07 Å². The van der Waals surface area contributed by atoms with Gasteiger partial charge in [0.15, 0.2) is 6.10 Å². The first-order valence-corrected chi connectivity index (χ1v) is 4.60. The van der Waals surface area contributed by atoms with Gasteiger partial charge in [-0.2, -0.15) is 13.2 Å². The van der Waals surface area contributed by atoms with Gasteiger partial charge in [-0.3, -0.25) is 8.05 Å². The number of hydrogen-bond acceptors (Lipinski definition) is 2. The third-order valence-electron chi connectivity index (χ3n) is 1.62. The molecule has 0 bridgehead atoms. The Bertz CT molecular complexity index is 298. The molecule has 78 valence electrons. The number of alkyl halides is 3. The van der Waals surface area contributed by atoms with Crippen molar-refractivity contribution in [3.05, 3.63) is 29.6 Å². The lowest BCUT2D eigenvalue weighted by molar-refractivity contribution is -0.189. The molecule has 1 heterocycles. The van der Waals surface area contributed by atoms with E-state index in [-0.39, 0.29) is 5.56 Å². The van der Waals surface area contributed by atoms with Crippen LogP contribution in [0.15, 0.2) is 18.3 Å². The van der Waals surface area contributed by atoms with Gasteiger partial charge in [0.05, 0.1) is 0 Å². The highest BCUT2D eigenvalue weighted by molar-refractivity contribution is 14.1. The maximum absolute atomic E-state index is 12.3. The molecule has 14 heavy (non-hydrogen) atoms. The van der Waals surface area contributed by atoms with Crippen molar-refractivity contribution in [2.45, 2.75) is 19.2 Å². The number of aromatic nitrogens is 1. The molecular weight excluding hydrogens is 310 g/mol. The fourth-order valence-corrected chi connectivity index (χ4v) is 1.51. The van der Waals surface area contributed by atoms with Gasteiger partial charge in [-0.05, 0) is 13.0 Å². The lowest BCUT2D eigenvalue weighted by Gasteiger charge is -2.17. The molecule has 0 fully saturated rings. The van der Waals surface area contributed by atoms with Gasteiger partial charge in [-0.1, -0.05) is 6.07 Å². The Morgan fingerprint density at radius 2 is 2.07 bits per heavy atom. The average Bonchev–Trinajstić information content (AvgIpc) is 2.07. The SMILES string of the molecule is Cc1ccc(C(OI)C(F)(F)F)cn1. The van der Waals surface area contributed by atoms with Crippen LogP contribution in [0, 0.1) is 6.92 Å². The van der Waals surface area contributed by atoms with Crippen molar-refractivity contribution in [1.29, 1.82) is 0 Å². The highest BCUT2D eigenvalue weighted by Gasteiger charge is 2.42. The Labute approximate surface area is 93.2 Å². The summed E-state index contributed by atoms with van der Waals surface area (Å²) in [6, 6.07) is 2.88. The van der Waals surface area contributed by atoms with E-state index in [0.29, 0.717) is 5.69 Å². The second-order valence-electron chi connectivity index (χ2n) is 2.74. The zero-order chi connectivity index (χ0) is 10.8. The fraction of sp³-hybridized carbons (Fsp3) is 0.375. The monoisotopic (exact) mass is 317 g/mol. The van der Waals surface area contributed by atoms with Crippen LogP contribution >= 0.6 is 23.0 Å². The molecule has 6 heteroatoms. The first-order valence-electron chi connectivity index (χ1n) is 3.72. The van der Waals surface area contributed by atoms with E-state index in [9.17, 15) is 13.2 Å². The summed E-state index contributed by atoms with van der Waals surface area (Å²) in [5.41, 5.74) is 0.681. The fourth-order valence-electron chi connectivity index (χ4n) is 0.925. The molecule has 2 nitrogen and oxygen atoms in total. The highest BCUT2D eigenvalue weighted by Crippen LogP contribution is 2.36.